The van der Waals surface area contributed by atoms with Gasteiger partial charge in [0.1, 0.15) is 22.5 Å². The Morgan fingerprint density at radius 3 is 2.58 bits per heavy atom. The van der Waals surface area contributed by atoms with Crippen LogP contribution in [0.1, 0.15) is 49.3 Å². The summed E-state index contributed by atoms with van der Waals surface area (Å²) in [7, 11) is -4.97. The summed E-state index contributed by atoms with van der Waals surface area (Å²) in [6.45, 7) is 3.05. The molecular formula is C25H28ClF4N3O4S. The minimum Gasteiger partial charge on any atom is -0.493 e. The van der Waals surface area contributed by atoms with Crippen LogP contribution in [-0.2, 0) is 21.4 Å². The molecule has 4 rings (SSSR count). The van der Waals surface area contributed by atoms with E-state index in [-0.39, 0.29) is 11.6 Å². The summed E-state index contributed by atoms with van der Waals surface area (Å²) in [5.74, 6) is -1.73. The maximum absolute atomic E-state index is 14.0. The number of rotatable bonds is 8. The van der Waals surface area contributed by atoms with Crippen LogP contribution >= 0.6 is 11.6 Å². The summed E-state index contributed by atoms with van der Waals surface area (Å²) in [5.41, 5.74) is 1.68. The molecule has 2 aromatic carbocycles. The highest BCUT2D eigenvalue weighted by atomic mass is 35.5. The average molecular weight is 578 g/mol. The van der Waals surface area contributed by atoms with Crippen molar-refractivity contribution in [3.8, 4) is 5.75 Å². The molecule has 1 saturated heterocycles. The predicted molar refractivity (Wildman–Crippen MR) is 133 cm³/mol. The molecule has 38 heavy (non-hydrogen) atoms. The third kappa shape index (κ3) is 7.16. The number of hydrogen-bond acceptors (Lipinski definition) is 5. The van der Waals surface area contributed by atoms with Crippen LogP contribution in [0.3, 0.4) is 0 Å². The molecule has 0 aliphatic carbocycles. The molecule has 0 spiro atoms. The van der Waals surface area contributed by atoms with Crippen LogP contribution in [-0.4, -0.2) is 51.1 Å². The fourth-order valence-electron chi connectivity index (χ4n) is 4.65. The van der Waals surface area contributed by atoms with Crippen molar-refractivity contribution in [2.24, 2.45) is 0 Å². The third-order valence-corrected chi connectivity index (χ3v) is 8.29. The maximum atomic E-state index is 14.0. The van der Waals surface area contributed by atoms with Crippen molar-refractivity contribution < 1.29 is 35.5 Å². The number of ether oxygens (including phenoxy) is 1. The van der Waals surface area contributed by atoms with E-state index in [0.717, 1.165) is 50.2 Å². The fraction of sp³-hybridized carbons (Fsp3) is 0.480. The normalized spacial score (nSPS) is 19.3. The van der Waals surface area contributed by atoms with Crippen LogP contribution in [0.2, 0.25) is 5.02 Å². The lowest BCUT2D eigenvalue weighted by molar-refractivity contribution is -0.158. The number of alkyl halides is 3. The van der Waals surface area contributed by atoms with Crippen molar-refractivity contribution in [1.29, 1.82) is 0 Å². The van der Waals surface area contributed by atoms with Crippen molar-refractivity contribution in [1.82, 2.24) is 14.9 Å². The second-order valence-electron chi connectivity index (χ2n) is 9.46. The van der Waals surface area contributed by atoms with Crippen LogP contribution in [0.15, 0.2) is 41.3 Å². The summed E-state index contributed by atoms with van der Waals surface area (Å²) >= 11 is 5.68. The van der Waals surface area contributed by atoms with Gasteiger partial charge < -0.3 is 10.1 Å². The molecule has 0 aromatic heterocycles. The van der Waals surface area contributed by atoms with Gasteiger partial charge in [-0.1, -0.05) is 30.2 Å². The number of piperidine rings is 1. The number of amides is 1. The largest absolute Gasteiger partial charge is 0.493 e. The maximum Gasteiger partial charge on any atom is 0.405 e. The van der Waals surface area contributed by atoms with Gasteiger partial charge in [0.05, 0.1) is 19.1 Å². The van der Waals surface area contributed by atoms with E-state index in [1.807, 2.05) is 12.1 Å². The summed E-state index contributed by atoms with van der Waals surface area (Å²) in [6.07, 6.45) is -2.49. The van der Waals surface area contributed by atoms with E-state index >= 15 is 0 Å². The zero-order valence-electron chi connectivity index (χ0n) is 20.4. The Morgan fingerprint density at radius 1 is 1.13 bits per heavy atom. The van der Waals surface area contributed by atoms with Crippen LogP contribution in [0.25, 0.3) is 0 Å². The van der Waals surface area contributed by atoms with E-state index < -0.39 is 51.3 Å². The highest BCUT2D eigenvalue weighted by Crippen LogP contribution is 2.34. The summed E-state index contributed by atoms with van der Waals surface area (Å²) in [4.78, 5) is 14.0. The minimum atomic E-state index is -5.11. The number of carbonyl (C=O) groups is 1. The van der Waals surface area contributed by atoms with Gasteiger partial charge in [0.25, 0.3) is 0 Å². The second kappa shape index (κ2) is 11.8. The molecule has 2 heterocycles. The lowest BCUT2D eigenvalue weighted by Crippen LogP contribution is -2.48. The smallest absolute Gasteiger partial charge is 0.405 e. The van der Waals surface area contributed by atoms with E-state index in [1.165, 1.54) is 11.1 Å². The molecule has 2 N–H and O–H groups in total. The Hall–Kier alpha value is -2.41. The highest BCUT2D eigenvalue weighted by molar-refractivity contribution is 7.89. The number of carbonyl (C=O) groups excluding carboxylic acids is 1. The van der Waals surface area contributed by atoms with Gasteiger partial charge in [-0.3, -0.25) is 9.69 Å². The number of sulfonamides is 1. The molecule has 7 nitrogen and oxygen atoms in total. The standard InChI is InChI=1S/C25H28ClF4N3O4S/c26-17-5-7-19(27)22(13-17)38(35,36)32-23(25(28,29)30)14-24(34)31-20-8-11-37-21-12-16(4-6-18(20)21)15-33-9-2-1-3-10-33/h4-7,12-13,20,23,32H,1-3,8-11,14-15H2,(H,31,34)/t20-,23-/m1/s1. The molecule has 0 radical (unpaired) electrons. The molecule has 0 unspecified atom stereocenters. The van der Waals surface area contributed by atoms with E-state index in [2.05, 4.69) is 10.2 Å². The topological polar surface area (TPSA) is 87.7 Å². The Balaban J connectivity index is 1.44. The average Bonchev–Trinajstić information content (AvgIpc) is 2.85. The number of hydrogen-bond donors (Lipinski definition) is 2. The Morgan fingerprint density at radius 2 is 1.87 bits per heavy atom. The molecule has 1 amide bonds. The molecule has 13 heteroatoms. The number of fused-ring (bicyclic) bond motifs is 1. The number of likely N-dealkylation sites (tertiary alicyclic amines) is 1. The zero-order valence-corrected chi connectivity index (χ0v) is 21.9. The Labute approximate surface area is 223 Å². The Kier molecular flexibility index (Phi) is 8.85. The lowest BCUT2D eigenvalue weighted by Gasteiger charge is -2.30. The van der Waals surface area contributed by atoms with Crippen molar-refractivity contribution >= 4 is 27.5 Å². The zero-order chi connectivity index (χ0) is 27.5. The number of benzene rings is 2. The monoisotopic (exact) mass is 577 g/mol. The number of halogens is 5. The summed E-state index contributed by atoms with van der Waals surface area (Å²) in [6, 6.07) is 4.69. The molecule has 0 bridgehead atoms. The molecule has 2 aromatic rings. The van der Waals surface area contributed by atoms with Crippen LogP contribution < -0.4 is 14.8 Å². The first-order valence-electron chi connectivity index (χ1n) is 12.2. The highest BCUT2D eigenvalue weighted by Gasteiger charge is 2.44. The van der Waals surface area contributed by atoms with Crippen molar-refractivity contribution in [3.63, 3.8) is 0 Å². The van der Waals surface area contributed by atoms with Gasteiger partial charge in [0.2, 0.25) is 15.9 Å². The Bertz CT molecular complexity index is 1270. The van der Waals surface area contributed by atoms with Crippen molar-refractivity contribution in [2.75, 3.05) is 19.7 Å². The first kappa shape index (κ1) is 28.6. The van der Waals surface area contributed by atoms with E-state index in [9.17, 15) is 30.8 Å². The molecule has 2 atom stereocenters. The van der Waals surface area contributed by atoms with Gasteiger partial charge in [-0.15, -0.1) is 0 Å². The number of nitrogens with zero attached hydrogens (tertiary/aromatic N) is 1. The fourth-order valence-corrected chi connectivity index (χ4v) is 6.22. The van der Waals surface area contributed by atoms with Crippen LogP contribution in [0.5, 0.6) is 5.75 Å². The van der Waals surface area contributed by atoms with E-state index in [4.69, 9.17) is 16.3 Å². The van der Waals surface area contributed by atoms with Gasteiger partial charge in [-0.2, -0.15) is 17.9 Å². The van der Waals surface area contributed by atoms with E-state index in [0.29, 0.717) is 23.8 Å². The summed E-state index contributed by atoms with van der Waals surface area (Å²) < 4.78 is 87.3. The van der Waals surface area contributed by atoms with Crippen LogP contribution in [0, 0.1) is 5.82 Å². The molecule has 2 aliphatic rings. The SMILES string of the molecule is O=C(C[C@@H](NS(=O)(=O)c1cc(Cl)ccc1F)C(F)(F)F)N[C@@H]1CCOc2cc(CN3CCCCC3)ccc21. The molecular weight excluding hydrogens is 550 g/mol. The first-order valence-corrected chi connectivity index (χ1v) is 14.1. The second-order valence-corrected chi connectivity index (χ2v) is 11.6. The molecule has 1 fully saturated rings. The summed E-state index contributed by atoms with van der Waals surface area (Å²) in [5, 5.41) is 2.39. The third-order valence-electron chi connectivity index (χ3n) is 6.57. The van der Waals surface area contributed by atoms with Gasteiger partial charge in [-0.25, -0.2) is 12.8 Å². The molecule has 0 saturated carbocycles. The van der Waals surface area contributed by atoms with Gasteiger partial charge >= 0.3 is 6.18 Å². The van der Waals surface area contributed by atoms with Crippen molar-refractivity contribution in [2.45, 2.75) is 61.8 Å². The van der Waals surface area contributed by atoms with Gasteiger partial charge in [0, 0.05) is 23.6 Å². The van der Waals surface area contributed by atoms with Crippen LogP contribution in [0.4, 0.5) is 17.6 Å². The molecule has 208 valence electrons. The number of nitrogens with one attached hydrogen (secondary N) is 2. The van der Waals surface area contributed by atoms with Crippen molar-refractivity contribution in [3.05, 3.63) is 58.4 Å². The van der Waals surface area contributed by atoms with Gasteiger partial charge in [0.15, 0.2) is 0 Å². The van der Waals surface area contributed by atoms with E-state index in [1.54, 1.807) is 6.07 Å². The van der Waals surface area contributed by atoms with Gasteiger partial charge in [-0.05, 0) is 55.8 Å². The minimum absolute atomic E-state index is 0.176. The first-order chi connectivity index (χ1) is 17.9. The lowest BCUT2D eigenvalue weighted by atomic mass is 9.98. The molecule has 2 aliphatic heterocycles. The quantitative estimate of drug-likeness (QED) is 0.444. The predicted octanol–water partition coefficient (Wildman–Crippen LogP) is 4.70.